The highest BCUT2D eigenvalue weighted by Gasteiger charge is 2.27. The van der Waals surface area contributed by atoms with Crippen molar-refractivity contribution in [3.63, 3.8) is 0 Å². The number of rotatable bonds is 2. The molecule has 0 aromatic heterocycles. The Hall–Kier alpha value is -1.35. The van der Waals surface area contributed by atoms with Crippen LogP contribution < -0.4 is 0 Å². The Morgan fingerprint density at radius 2 is 2.43 bits per heavy atom. The van der Waals surface area contributed by atoms with Crippen molar-refractivity contribution in [3.05, 3.63) is 34.6 Å². The first-order chi connectivity index (χ1) is 6.74. The van der Waals surface area contributed by atoms with Gasteiger partial charge in [0.25, 0.3) is 0 Å². The zero-order valence-corrected chi connectivity index (χ0v) is 7.95. The van der Waals surface area contributed by atoms with Gasteiger partial charge in [0.05, 0.1) is 17.9 Å². The number of ketones is 1. The molecule has 0 amide bonds. The van der Waals surface area contributed by atoms with Gasteiger partial charge in [0.2, 0.25) is 5.78 Å². The SMILES string of the molecule is O=CC(=O)C1=C(Cl)C2=COCC2C=C1. The number of carbonyl (C=O) groups is 2. The molecule has 0 fully saturated rings. The first-order valence-corrected chi connectivity index (χ1v) is 4.51. The third kappa shape index (κ3) is 1.30. The average molecular weight is 211 g/mol. The molecule has 0 aromatic carbocycles. The van der Waals surface area contributed by atoms with Crippen LogP contribution in [0, 0.1) is 5.92 Å². The van der Waals surface area contributed by atoms with Gasteiger partial charge in [-0.15, -0.1) is 0 Å². The van der Waals surface area contributed by atoms with E-state index in [0.29, 0.717) is 11.6 Å². The summed E-state index contributed by atoms with van der Waals surface area (Å²) < 4.78 is 5.09. The van der Waals surface area contributed by atoms with Crippen LogP contribution in [-0.4, -0.2) is 18.7 Å². The molecule has 72 valence electrons. The number of hydrogen-bond donors (Lipinski definition) is 0. The summed E-state index contributed by atoms with van der Waals surface area (Å²) in [5.41, 5.74) is 1.02. The molecule has 4 heteroatoms. The van der Waals surface area contributed by atoms with Crippen molar-refractivity contribution in [3.8, 4) is 0 Å². The maximum Gasteiger partial charge on any atom is 0.226 e. The molecule has 14 heavy (non-hydrogen) atoms. The number of ether oxygens (including phenoxy) is 1. The molecule has 0 N–H and O–H groups in total. The van der Waals surface area contributed by atoms with Crippen LogP contribution in [0.25, 0.3) is 0 Å². The number of Topliss-reactive ketones (excluding diaryl/α,β-unsaturated/α-hetero) is 1. The van der Waals surface area contributed by atoms with Crippen molar-refractivity contribution < 1.29 is 14.3 Å². The number of hydrogen-bond acceptors (Lipinski definition) is 3. The molecule has 3 nitrogen and oxygen atoms in total. The molecule has 1 atom stereocenters. The fraction of sp³-hybridized carbons (Fsp3) is 0.200. The topological polar surface area (TPSA) is 43.4 Å². The Kier molecular flexibility index (Phi) is 2.25. The fourth-order valence-electron chi connectivity index (χ4n) is 1.49. The van der Waals surface area contributed by atoms with Crippen molar-refractivity contribution in [2.45, 2.75) is 0 Å². The minimum Gasteiger partial charge on any atom is -0.500 e. The normalized spacial score (nSPS) is 24.1. The number of carbonyl (C=O) groups excluding carboxylic acids is 2. The largest absolute Gasteiger partial charge is 0.500 e. The monoisotopic (exact) mass is 210 g/mol. The molecule has 0 bridgehead atoms. The summed E-state index contributed by atoms with van der Waals surface area (Å²) in [6, 6.07) is 0. The predicted molar refractivity (Wildman–Crippen MR) is 50.6 cm³/mol. The van der Waals surface area contributed by atoms with E-state index >= 15 is 0 Å². The van der Waals surface area contributed by atoms with Crippen LogP contribution in [0.3, 0.4) is 0 Å². The molecule has 0 aromatic rings. The van der Waals surface area contributed by atoms with E-state index in [9.17, 15) is 9.59 Å². The zero-order chi connectivity index (χ0) is 10.1. The van der Waals surface area contributed by atoms with E-state index in [1.165, 1.54) is 6.26 Å². The van der Waals surface area contributed by atoms with E-state index in [0.717, 1.165) is 5.57 Å². The lowest BCUT2D eigenvalue weighted by Crippen LogP contribution is -2.12. The molecule has 1 unspecified atom stereocenters. The van der Waals surface area contributed by atoms with Crippen molar-refractivity contribution >= 4 is 23.7 Å². The van der Waals surface area contributed by atoms with E-state index in [1.54, 1.807) is 6.08 Å². The van der Waals surface area contributed by atoms with Gasteiger partial charge in [0.15, 0.2) is 6.29 Å². The summed E-state index contributed by atoms with van der Waals surface area (Å²) in [6.45, 7) is 0.546. The molecule has 0 saturated heterocycles. The summed E-state index contributed by atoms with van der Waals surface area (Å²) in [5.74, 6) is -0.483. The van der Waals surface area contributed by atoms with Gasteiger partial charge >= 0.3 is 0 Å². The van der Waals surface area contributed by atoms with Crippen LogP contribution in [0.2, 0.25) is 0 Å². The maximum absolute atomic E-state index is 11.1. The van der Waals surface area contributed by atoms with E-state index in [2.05, 4.69) is 0 Å². The van der Waals surface area contributed by atoms with Crippen LogP contribution >= 0.6 is 11.6 Å². The number of aldehydes is 1. The first kappa shape index (κ1) is 9.21. The molecule has 0 radical (unpaired) electrons. The molecular weight excluding hydrogens is 204 g/mol. The Morgan fingerprint density at radius 1 is 1.64 bits per heavy atom. The fourth-order valence-corrected chi connectivity index (χ4v) is 1.83. The van der Waals surface area contributed by atoms with Gasteiger partial charge in [-0.2, -0.15) is 0 Å². The lowest BCUT2D eigenvalue weighted by atomic mass is 9.92. The third-order valence-electron chi connectivity index (χ3n) is 2.24. The van der Waals surface area contributed by atoms with Gasteiger partial charge in [0.1, 0.15) is 0 Å². The van der Waals surface area contributed by atoms with Crippen molar-refractivity contribution in [1.82, 2.24) is 0 Å². The van der Waals surface area contributed by atoms with Crippen LogP contribution in [0.1, 0.15) is 0 Å². The second-order valence-corrected chi connectivity index (χ2v) is 3.46. The van der Waals surface area contributed by atoms with Crippen molar-refractivity contribution in [1.29, 1.82) is 0 Å². The zero-order valence-electron chi connectivity index (χ0n) is 7.20. The lowest BCUT2D eigenvalue weighted by Gasteiger charge is -2.14. The molecule has 1 heterocycles. The highest BCUT2D eigenvalue weighted by Crippen LogP contribution is 2.35. The Labute approximate surface area is 85.7 Å². The van der Waals surface area contributed by atoms with E-state index < -0.39 is 5.78 Å². The Morgan fingerprint density at radius 3 is 3.14 bits per heavy atom. The molecule has 0 spiro atoms. The Balaban J connectivity index is 2.43. The van der Waals surface area contributed by atoms with Gasteiger partial charge in [-0.1, -0.05) is 23.8 Å². The minimum atomic E-state index is -0.600. The first-order valence-electron chi connectivity index (χ1n) is 4.13. The molecule has 0 saturated carbocycles. The van der Waals surface area contributed by atoms with Crippen molar-refractivity contribution in [2.24, 2.45) is 5.92 Å². The van der Waals surface area contributed by atoms with E-state index in [4.69, 9.17) is 16.3 Å². The van der Waals surface area contributed by atoms with Gasteiger partial charge in [-0.3, -0.25) is 9.59 Å². The molecule has 1 aliphatic carbocycles. The summed E-state index contributed by atoms with van der Waals surface area (Å²) in [4.78, 5) is 21.5. The van der Waals surface area contributed by atoms with Gasteiger partial charge < -0.3 is 4.74 Å². The number of fused-ring (bicyclic) bond motifs is 1. The summed E-state index contributed by atoms with van der Waals surface area (Å²) in [6.07, 6.45) is 5.20. The molecular formula is C10H7ClO3. The number of allylic oxidation sites excluding steroid dienone is 3. The highest BCUT2D eigenvalue weighted by molar-refractivity contribution is 6.41. The summed E-state index contributed by atoms with van der Waals surface area (Å²) in [7, 11) is 0. The average Bonchev–Trinajstić information content (AvgIpc) is 2.66. The maximum atomic E-state index is 11.1. The molecule has 2 rings (SSSR count). The molecule has 2 aliphatic rings. The third-order valence-corrected chi connectivity index (χ3v) is 2.66. The lowest BCUT2D eigenvalue weighted by molar-refractivity contribution is -0.127. The van der Waals surface area contributed by atoms with Crippen LogP contribution in [0.5, 0.6) is 0 Å². The number of halogens is 1. The van der Waals surface area contributed by atoms with Crippen LogP contribution in [0.4, 0.5) is 0 Å². The predicted octanol–water partition coefficient (Wildman–Crippen LogP) is 1.35. The Bertz CT molecular complexity index is 390. The second kappa shape index (κ2) is 3.42. The smallest absolute Gasteiger partial charge is 0.226 e. The molecule has 1 aliphatic heterocycles. The van der Waals surface area contributed by atoms with Gasteiger partial charge in [0, 0.05) is 17.1 Å². The summed E-state index contributed by atoms with van der Waals surface area (Å²) in [5, 5.41) is 0.326. The quantitative estimate of drug-likeness (QED) is 0.511. The summed E-state index contributed by atoms with van der Waals surface area (Å²) >= 11 is 5.96. The minimum absolute atomic E-state index is 0.116. The van der Waals surface area contributed by atoms with Crippen LogP contribution in [0.15, 0.2) is 34.6 Å². The van der Waals surface area contributed by atoms with E-state index in [-0.39, 0.29) is 17.8 Å². The second-order valence-electron chi connectivity index (χ2n) is 3.08. The van der Waals surface area contributed by atoms with Crippen LogP contribution in [-0.2, 0) is 14.3 Å². The van der Waals surface area contributed by atoms with Gasteiger partial charge in [-0.05, 0) is 0 Å². The standard InChI is InChI=1S/C10H7ClO3/c11-10-7(9(13)3-12)2-1-6-4-14-5-8(6)10/h1-3,5-6H,4H2. The van der Waals surface area contributed by atoms with Crippen molar-refractivity contribution in [2.75, 3.05) is 6.61 Å². The highest BCUT2D eigenvalue weighted by atomic mass is 35.5. The van der Waals surface area contributed by atoms with Gasteiger partial charge in [-0.25, -0.2) is 0 Å². The van der Waals surface area contributed by atoms with E-state index in [1.807, 2.05) is 6.08 Å².